The monoisotopic (exact) mass is 546 g/mol. The molecule has 0 spiro atoms. The number of hydrogen-bond donors (Lipinski definition) is 2. The van der Waals surface area contributed by atoms with Gasteiger partial charge in [0, 0.05) is 81.3 Å². The van der Waals surface area contributed by atoms with E-state index in [-0.39, 0.29) is 11.8 Å². The minimum atomic E-state index is -0.352. The summed E-state index contributed by atoms with van der Waals surface area (Å²) < 4.78 is 7.71. The molecule has 0 atom stereocenters. The molecule has 0 radical (unpaired) electrons. The van der Waals surface area contributed by atoms with E-state index in [4.69, 9.17) is 4.74 Å². The highest BCUT2D eigenvalue weighted by atomic mass is 32.2. The van der Waals surface area contributed by atoms with E-state index in [2.05, 4.69) is 56.3 Å². The maximum atomic E-state index is 13.3. The van der Waals surface area contributed by atoms with E-state index in [1.54, 1.807) is 23.5 Å². The summed E-state index contributed by atoms with van der Waals surface area (Å²) in [7, 11) is 0. The van der Waals surface area contributed by atoms with Gasteiger partial charge in [0.25, 0.3) is 11.8 Å². The van der Waals surface area contributed by atoms with Crippen molar-refractivity contribution in [3.8, 4) is 0 Å². The number of morpholine rings is 1. The number of nitrogens with zero attached hydrogens (tertiary/aromatic N) is 2. The van der Waals surface area contributed by atoms with Gasteiger partial charge in [0.1, 0.15) is 0 Å². The molecule has 1 fully saturated rings. The lowest BCUT2D eigenvalue weighted by Crippen LogP contribution is -2.37. The average Bonchev–Trinajstić information content (AvgIpc) is 3.60. The Hall–Kier alpha value is -2.98. The fraction of sp³-hybridized carbons (Fsp3) is 0.310. The molecule has 196 valence electrons. The predicted molar refractivity (Wildman–Crippen MR) is 156 cm³/mol. The minimum absolute atomic E-state index is 0.345. The Morgan fingerprint density at radius 1 is 0.868 bits per heavy atom. The Labute approximate surface area is 230 Å². The molecule has 6 rings (SSSR count). The molecule has 7 nitrogen and oxygen atoms in total. The number of thioether (sulfide) groups is 2. The second-order valence-electron chi connectivity index (χ2n) is 9.57. The van der Waals surface area contributed by atoms with Crippen LogP contribution in [0.15, 0.2) is 58.6 Å². The zero-order valence-corrected chi connectivity index (χ0v) is 23.1. The fourth-order valence-corrected chi connectivity index (χ4v) is 6.36. The molecule has 2 aliphatic heterocycles. The third-order valence-electron chi connectivity index (χ3n) is 7.42. The number of fused-ring (bicyclic) bond motifs is 2. The Morgan fingerprint density at radius 3 is 2.29 bits per heavy atom. The minimum Gasteiger partial charge on any atom is -0.379 e. The van der Waals surface area contributed by atoms with Gasteiger partial charge in [-0.1, -0.05) is 0 Å². The fourth-order valence-electron chi connectivity index (χ4n) is 5.48. The lowest BCUT2D eigenvalue weighted by molar-refractivity contribution is -0.122. The second-order valence-corrected chi connectivity index (χ2v) is 11.3. The molecule has 0 bridgehead atoms. The van der Waals surface area contributed by atoms with Crippen LogP contribution in [0.1, 0.15) is 17.5 Å². The van der Waals surface area contributed by atoms with Gasteiger partial charge in [0.2, 0.25) is 0 Å². The number of imide groups is 1. The summed E-state index contributed by atoms with van der Waals surface area (Å²) in [6.45, 7) is 5.35. The summed E-state index contributed by atoms with van der Waals surface area (Å²) in [4.78, 5) is 34.5. The highest BCUT2D eigenvalue weighted by molar-refractivity contribution is 7.98. The number of carbonyl (C=O) groups excluding carboxylic acids is 2. The number of rotatable bonds is 8. The lowest BCUT2D eigenvalue weighted by Gasteiger charge is -2.26. The van der Waals surface area contributed by atoms with Gasteiger partial charge in [-0.05, 0) is 55.3 Å². The maximum Gasteiger partial charge on any atom is 0.259 e. The van der Waals surface area contributed by atoms with Crippen LogP contribution in [0.4, 0.5) is 0 Å². The molecule has 2 amide bonds. The first kappa shape index (κ1) is 25.3. The number of amides is 2. The SMILES string of the molecule is CSc1ccc2[nH]cc(C3=C(c4cn(CCCN5CCOCC5)c5ccc(SC)cc45)C(=O)NC3=O)c2c1. The third-order valence-corrected chi connectivity index (χ3v) is 8.87. The molecule has 4 aromatic rings. The molecular formula is C29H30N4O3S2. The number of benzene rings is 2. The number of H-pyrrole nitrogens is 1. The first-order valence-electron chi connectivity index (χ1n) is 12.8. The number of aromatic amines is 1. The Balaban J connectivity index is 1.46. The van der Waals surface area contributed by atoms with E-state index >= 15 is 0 Å². The summed E-state index contributed by atoms with van der Waals surface area (Å²) in [5.41, 5.74) is 4.44. The number of carbonyl (C=O) groups is 2. The molecule has 1 saturated heterocycles. The van der Waals surface area contributed by atoms with E-state index < -0.39 is 0 Å². The zero-order chi connectivity index (χ0) is 26.2. The molecular weight excluding hydrogens is 516 g/mol. The van der Waals surface area contributed by atoms with Gasteiger partial charge in [0.15, 0.2) is 0 Å². The summed E-state index contributed by atoms with van der Waals surface area (Å²) in [6, 6.07) is 12.5. The molecule has 2 aromatic carbocycles. The van der Waals surface area contributed by atoms with Gasteiger partial charge in [0.05, 0.1) is 24.4 Å². The van der Waals surface area contributed by atoms with Crippen LogP contribution >= 0.6 is 23.5 Å². The summed E-state index contributed by atoms with van der Waals surface area (Å²) in [5.74, 6) is -0.697. The van der Waals surface area contributed by atoms with Crippen LogP contribution < -0.4 is 5.32 Å². The predicted octanol–water partition coefficient (Wildman–Crippen LogP) is 4.86. The normalized spacial score (nSPS) is 16.8. The van der Waals surface area contributed by atoms with Crippen LogP contribution in [0.5, 0.6) is 0 Å². The molecule has 0 unspecified atom stereocenters. The van der Waals surface area contributed by atoms with Crippen LogP contribution in [-0.2, 0) is 20.9 Å². The van der Waals surface area contributed by atoms with Crippen molar-refractivity contribution in [2.45, 2.75) is 22.8 Å². The number of nitrogens with one attached hydrogen (secondary N) is 2. The van der Waals surface area contributed by atoms with Gasteiger partial charge in [-0.3, -0.25) is 19.8 Å². The van der Waals surface area contributed by atoms with Crippen LogP contribution in [0.3, 0.4) is 0 Å². The van der Waals surface area contributed by atoms with E-state index in [1.807, 2.05) is 24.8 Å². The highest BCUT2D eigenvalue weighted by Gasteiger charge is 2.35. The van der Waals surface area contributed by atoms with Crippen molar-refractivity contribution in [1.82, 2.24) is 19.8 Å². The third kappa shape index (κ3) is 4.58. The van der Waals surface area contributed by atoms with Gasteiger partial charge < -0.3 is 14.3 Å². The molecule has 2 N–H and O–H groups in total. The molecule has 38 heavy (non-hydrogen) atoms. The first-order valence-corrected chi connectivity index (χ1v) is 15.2. The number of aryl methyl sites for hydroxylation is 1. The largest absolute Gasteiger partial charge is 0.379 e. The summed E-state index contributed by atoms with van der Waals surface area (Å²) >= 11 is 3.32. The highest BCUT2D eigenvalue weighted by Crippen LogP contribution is 2.39. The standard InChI is InChI=1S/C29H30N4O3S2/c1-37-18-4-6-24-20(14-18)22(16-30-24)26-27(29(35)31-28(26)34)23-17-33(9-3-8-32-10-12-36-13-11-32)25-7-5-19(38-2)15-21(23)25/h4-7,14-17,30H,3,8-13H2,1-2H3,(H,31,34,35). The zero-order valence-electron chi connectivity index (χ0n) is 21.5. The second kappa shape index (κ2) is 10.6. The number of aromatic nitrogens is 2. The van der Waals surface area contributed by atoms with E-state index in [0.29, 0.717) is 11.1 Å². The van der Waals surface area contributed by atoms with Crippen molar-refractivity contribution >= 4 is 68.3 Å². The van der Waals surface area contributed by atoms with Crippen molar-refractivity contribution < 1.29 is 14.3 Å². The van der Waals surface area contributed by atoms with Crippen molar-refractivity contribution in [3.05, 3.63) is 59.9 Å². The molecule has 2 aromatic heterocycles. The van der Waals surface area contributed by atoms with Crippen LogP contribution in [0, 0.1) is 0 Å². The molecule has 0 aliphatic carbocycles. The number of hydrogen-bond acceptors (Lipinski definition) is 6. The molecule has 9 heteroatoms. The van der Waals surface area contributed by atoms with Crippen molar-refractivity contribution in [1.29, 1.82) is 0 Å². The average molecular weight is 547 g/mol. The Kier molecular flexibility index (Phi) is 7.09. The number of ether oxygens (including phenoxy) is 1. The van der Waals surface area contributed by atoms with Crippen molar-refractivity contribution in [2.24, 2.45) is 0 Å². The smallest absolute Gasteiger partial charge is 0.259 e. The molecule has 0 saturated carbocycles. The van der Waals surface area contributed by atoms with Crippen LogP contribution in [-0.4, -0.2) is 71.6 Å². The van der Waals surface area contributed by atoms with Gasteiger partial charge in [-0.2, -0.15) is 0 Å². The van der Waals surface area contributed by atoms with Gasteiger partial charge in [-0.15, -0.1) is 23.5 Å². The summed E-state index contributed by atoms with van der Waals surface area (Å²) in [5, 5.41) is 4.51. The lowest BCUT2D eigenvalue weighted by atomic mass is 9.95. The van der Waals surface area contributed by atoms with Crippen LogP contribution in [0.25, 0.3) is 33.0 Å². The first-order chi connectivity index (χ1) is 18.6. The molecule has 2 aliphatic rings. The maximum absolute atomic E-state index is 13.3. The van der Waals surface area contributed by atoms with Gasteiger partial charge >= 0.3 is 0 Å². The van der Waals surface area contributed by atoms with E-state index in [9.17, 15) is 9.59 Å². The van der Waals surface area contributed by atoms with Gasteiger partial charge in [-0.25, -0.2) is 0 Å². The van der Waals surface area contributed by atoms with E-state index in [1.165, 1.54) is 0 Å². The Bertz CT molecular complexity index is 1580. The van der Waals surface area contributed by atoms with Crippen LogP contribution in [0.2, 0.25) is 0 Å². The van der Waals surface area contributed by atoms with Crippen molar-refractivity contribution in [2.75, 3.05) is 45.4 Å². The molecule has 4 heterocycles. The topological polar surface area (TPSA) is 79.4 Å². The Morgan fingerprint density at radius 2 is 1.55 bits per heavy atom. The van der Waals surface area contributed by atoms with Crippen molar-refractivity contribution in [3.63, 3.8) is 0 Å². The quantitative estimate of drug-likeness (QED) is 0.243. The summed E-state index contributed by atoms with van der Waals surface area (Å²) in [6.07, 6.45) is 8.97. The van der Waals surface area contributed by atoms with E-state index in [0.717, 1.165) is 88.5 Å².